The van der Waals surface area contributed by atoms with Crippen molar-refractivity contribution in [2.24, 2.45) is 5.73 Å². The minimum absolute atomic E-state index is 0.00193. The molecule has 0 aliphatic carbocycles. The number of anilines is 1. The molecule has 0 unspecified atom stereocenters. The summed E-state index contributed by atoms with van der Waals surface area (Å²) in [6, 6.07) is 12.2. The molecule has 0 spiro atoms. The Morgan fingerprint density at radius 1 is 1.24 bits per heavy atom. The van der Waals surface area contributed by atoms with Crippen molar-refractivity contribution in [3.8, 4) is 0 Å². The lowest BCUT2D eigenvalue weighted by atomic mass is 10.0. The maximum Gasteiger partial charge on any atom is 0.270 e. The van der Waals surface area contributed by atoms with Crippen LogP contribution in [0.3, 0.4) is 0 Å². The molecule has 38 heavy (non-hydrogen) atoms. The zero-order chi connectivity index (χ0) is 27.2. The molecule has 2 atom stereocenters. The van der Waals surface area contributed by atoms with Crippen molar-refractivity contribution >= 4 is 34.9 Å². The van der Waals surface area contributed by atoms with Crippen LogP contribution >= 0.6 is 11.5 Å². The molecule has 1 aromatic heterocycles. The number of nitrogens with zero attached hydrogens (tertiary/aromatic N) is 2. The number of primary amides is 1. The van der Waals surface area contributed by atoms with Crippen LogP contribution in [0.2, 0.25) is 0 Å². The largest absolute Gasteiger partial charge is 0.395 e. The number of amides is 3. The molecule has 0 radical (unpaired) electrons. The molecule has 4 rings (SSSR count). The van der Waals surface area contributed by atoms with E-state index in [4.69, 9.17) is 16.2 Å². The van der Waals surface area contributed by atoms with Gasteiger partial charge in [-0.15, -0.1) is 0 Å². The van der Waals surface area contributed by atoms with Gasteiger partial charge in [0.25, 0.3) is 11.8 Å². The van der Waals surface area contributed by atoms with Gasteiger partial charge >= 0.3 is 0 Å². The summed E-state index contributed by atoms with van der Waals surface area (Å²) >= 11 is 0.747. The van der Waals surface area contributed by atoms with E-state index in [2.05, 4.69) is 9.69 Å². The monoisotopic (exact) mass is 539 g/mol. The number of benzene rings is 2. The van der Waals surface area contributed by atoms with E-state index in [0.29, 0.717) is 18.6 Å². The molecule has 3 aromatic rings. The van der Waals surface area contributed by atoms with E-state index < -0.39 is 29.6 Å². The highest BCUT2D eigenvalue weighted by Gasteiger charge is 2.35. The minimum atomic E-state index is -1.10. The zero-order valence-electron chi connectivity index (χ0n) is 21.0. The second-order valence-corrected chi connectivity index (χ2v) is 9.98. The molecule has 2 aromatic carbocycles. The summed E-state index contributed by atoms with van der Waals surface area (Å²) in [4.78, 5) is 40.7. The SMILES string of the molecule is Cc1cccc(CCN(C(=O)c2snc(C(N)=O)c2N)[C@@H](C(=O)NC[C@@H]2CCCO2)c2ccc(F)cc2)c1. The average Bonchev–Trinajstić information content (AvgIpc) is 3.55. The van der Waals surface area contributed by atoms with Gasteiger partial charge in [-0.1, -0.05) is 42.0 Å². The molecule has 9 nitrogen and oxygen atoms in total. The number of rotatable bonds is 10. The first-order valence-electron chi connectivity index (χ1n) is 12.3. The van der Waals surface area contributed by atoms with E-state index in [1.54, 1.807) is 0 Å². The van der Waals surface area contributed by atoms with Gasteiger partial charge in [0.2, 0.25) is 5.91 Å². The van der Waals surface area contributed by atoms with Crippen molar-refractivity contribution in [3.05, 3.63) is 81.6 Å². The van der Waals surface area contributed by atoms with Crippen molar-refractivity contribution in [1.29, 1.82) is 0 Å². The summed E-state index contributed by atoms with van der Waals surface area (Å²) in [7, 11) is 0. The van der Waals surface area contributed by atoms with E-state index in [1.165, 1.54) is 29.2 Å². The summed E-state index contributed by atoms with van der Waals surface area (Å²) in [5.41, 5.74) is 13.6. The third-order valence-electron chi connectivity index (χ3n) is 6.41. The van der Waals surface area contributed by atoms with Gasteiger partial charge in [-0.3, -0.25) is 14.4 Å². The predicted molar refractivity (Wildman–Crippen MR) is 142 cm³/mol. The molecule has 200 valence electrons. The highest BCUT2D eigenvalue weighted by molar-refractivity contribution is 7.09. The first-order valence-corrected chi connectivity index (χ1v) is 13.1. The van der Waals surface area contributed by atoms with Crippen LogP contribution in [0.5, 0.6) is 0 Å². The lowest BCUT2D eigenvalue weighted by Gasteiger charge is -2.31. The molecule has 5 N–H and O–H groups in total. The first kappa shape index (κ1) is 27.2. The number of nitrogens with two attached hydrogens (primary N) is 2. The van der Waals surface area contributed by atoms with Gasteiger partial charge in [-0.25, -0.2) is 4.39 Å². The Labute approximate surface area is 224 Å². The Kier molecular flexibility index (Phi) is 8.70. The summed E-state index contributed by atoms with van der Waals surface area (Å²) in [6.07, 6.45) is 2.06. The number of hydrogen-bond donors (Lipinski definition) is 3. The topological polar surface area (TPSA) is 141 Å². The minimum Gasteiger partial charge on any atom is -0.395 e. The predicted octanol–water partition coefficient (Wildman–Crippen LogP) is 2.99. The van der Waals surface area contributed by atoms with Crippen molar-refractivity contribution in [1.82, 2.24) is 14.6 Å². The summed E-state index contributed by atoms with van der Waals surface area (Å²) in [5, 5.41) is 2.90. The van der Waals surface area contributed by atoms with Gasteiger partial charge in [0.05, 0.1) is 11.8 Å². The maximum atomic E-state index is 13.9. The maximum absolute atomic E-state index is 13.9. The van der Waals surface area contributed by atoms with Crippen molar-refractivity contribution in [3.63, 3.8) is 0 Å². The fourth-order valence-electron chi connectivity index (χ4n) is 4.46. The molecule has 1 aliphatic rings. The first-order chi connectivity index (χ1) is 18.2. The Bertz CT molecular complexity index is 1310. The van der Waals surface area contributed by atoms with Crippen LogP contribution in [0.25, 0.3) is 0 Å². The van der Waals surface area contributed by atoms with E-state index >= 15 is 0 Å². The highest BCUT2D eigenvalue weighted by Crippen LogP contribution is 2.29. The molecule has 3 amide bonds. The molecule has 11 heteroatoms. The van der Waals surface area contributed by atoms with Gasteiger partial charge in [-0.05, 0) is 61.0 Å². The van der Waals surface area contributed by atoms with E-state index in [1.807, 2.05) is 31.2 Å². The molecular formula is C27H30FN5O4S. The Morgan fingerprint density at radius 2 is 2.00 bits per heavy atom. The fourth-order valence-corrected chi connectivity index (χ4v) is 5.22. The van der Waals surface area contributed by atoms with E-state index in [-0.39, 0.29) is 35.5 Å². The second kappa shape index (κ2) is 12.1. The van der Waals surface area contributed by atoms with Crippen LogP contribution < -0.4 is 16.8 Å². The number of carbonyl (C=O) groups excluding carboxylic acids is 3. The number of hydrogen-bond acceptors (Lipinski definition) is 7. The van der Waals surface area contributed by atoms with Crippen LogP contribution in [0.1, 0.15) is 55.7 Å². The Balaban J connectivity index is 1.71. The van der Waals surface area contributed by atoms with E-state index in [9.17, 15) is 18.8 Å². The van der Waals surface area contributed by atoms with Gasteiger partial charge in [-0.2, -0.15) is 4.37 Å². The third-order valence-corrected chi connectivity index (χ3v) is 7.27. The molecule has 1 saturated heterocycles. The number of carbonyl (C=O) groups is 3. The lowest BCUT2D eigenvalue weighted by molar-refractivity contribution is -0.126. The molecule has 2 heterocycles. The van der Waals surface area contributed by atoms with Crippen molar-refractivity contribution < 1.29 is 23.5 Å². The number of aryl methyl sites for hydroxylation is 1. The molecular weight excluding hydrogens is 509 g/mol. The highest BCUT2D eigenvalue weighted by atomic mass is 32.1. The van der Waals surface area contributed by atoms with Crippen LogP contribution in [-0.4, -0.2) is 52.8 Å². The number of halogens is 1. The van der Waals surface area contributed by atoms with Gasteiger partial charge < -0.3 is 26.4 Å². The normalized spacial score (nSPS) is 15.7. The molecule has 1 aliphatic heterocycles. The lowest BCUT2D eigenvalue weighted by Crippen LogP contribution is -2.46. The van der Waals surface area contributed by atoms with Crippen LogP contribution in [0.15, 0.2) is 48.5 Å². The third kappa shape index (κ3) is 6.35. The second-order valence-electron chi connectivity index (χ2n) is 9.21. The van der Waals surface area contributed by atoms with Crippen LogP contribution in [-0.2, 0) is 16.0 Å². The fraction of sp³-hybridized carbons (Fsp3) is 0.333. The van der Waals surface area contributed by atoms with Crippen LogP contribution in [0.4, 0.5) is 10.1 Å². The standard InChI is InChI=1S/C27H30FN5O4S/c1-16-4-2-5-17(14-16)11-12-33(27(36)24-21(29)22(25(30)34)32-38-24)23(18-7-9-19(28)10-8-18)26(35)31-15-20-6-3-13-37-20/h2,4-5,7-10,14,20,23H,3,6,11-13,15,29H2,1H3,(H2,30,34)(H,31,35)/t20-,23+/m0/s1. The summed E-state index contributed by atoms with van der Waals surface area (Å²) < 4.78 is 23.4. The smallest absolute Gasteiger partial charge is 0.270 e. The molecule has 0 saturated carbocycles. The number of ether oxygens (including phenoxy) is 1. The number of nitrogen functional groups attached to an aromatic ring is 1. The molecule has 0 bridgehead atoms. The summed E-state index contributed by atoms with van der Waals surface area (Å²) in [5.74, 6) is -2.35. The number of aromatic nitrogens is 1. The van der Waals surface area contributed by atoms with Crippen molar-refractivity contribution in [2.45, 2.75) is 38.3 Å². The average molecular weight is 540 g/mol. The summed E-state index contributed by atoms with van der Waals surface area (Å²) in [6.45, 7) is 3.03. The zero-order valence-corrected chi connectivity index (χ0v) is 21.8. The van der Waals surface area contributed by atoms with Gasteiger partial charge in [0, 0.05) is 19.7 Å². The Morgan fingerprint density at radius 3 is 2.63 bits per heavy atom. The van der Waals surface area contributed by atoms with Crippen molar-refractivity contribution in [2.75, 3.05) is 25.4 Å². The van der Waals surface area contributed by atoms with Gasteiger partial charge in [0.1, 0.15) is 16.7 Å². The Hall–Kier alpha value is -3.83. The molecule has 1 fully saturated rings. The quantitative estimate of drug-likeness (QED) is 0.362. The van der Waals surface area contributed by atoms with Crippen LogP contribution in [0, 0.1) is 12.7 Å². The van der Waals surface area contributed by atoms with Gasteiger partial charge in [0.15, 0.2) is 5.69 Å². The van der Waals surface area contributed by atoms with E-state index in [0.717, 1.165) is 35.5 Å². The number of nitrogens with one attached hydrogen (secondary N) is 1.